The van der Waals surface area contributed by atoms with Crippen LogP contribution in [0.4, 0.5) is 0 Å². The third-order valence-electron chi connectivity index (χ3n) is 4.48. The molecule has 3 heterocycles. The summed E-state index contributed by atoms with van der Waals surface area (Å²) in [7, 11) is 0. The van der Waals surface area contributed by atoms with Crippen molar-refractivity contribution in [1.29, 1.82) is 0 Å². The van der Waals surface area contributed by atoms with Gasteiger partial charge in [-0.25, -0.2) is 4.98 Å². The van der Waals surface area contributed by atoms with Gasteiger partial charge < -0.3 is 4.52 Å². The molecular weight excluding hydrogens is 386 g/mol. The number of rotatable bonds is 7. The van der Waals surface area contributed by atoms with Crippen LogP contribution in [0.15, 0.2) is 63.3 Å². The highest BCUT2D eigenvalue weighted by Crippen LogP contribution is 2.33. The van der Waals surface area contributed by atoms with Gasteiger partial charge in [0.15, 0.2) is 11.0 Å². The molecule has 0 aliphatic rings. The van der Waals surface area contributed by atoms with Crippen LogP contribution in [0.2, 0.25) is 0 Å². The van der Waals surface area contributed by atoms with Crippen molar-refractivity contribution in [3.05, 3.63) is 76.4 Å². The maximum Gasteiger partial charge on any atom is 0.262 e. The molecule has 0 aliphatic heterocycles. The minimum Gasteiger partial charge on any atom is -0.338 e. The summed E-state index contributed by atoms with van der Waals surface area (Å²) < 4.78 is 7.10. The van der Waals surface area contributed by atoms with Gasteiger partial charge >= 0.3 is 0 Å². The van der Waals surface area contributed by atoms with Crippen molar-refractivity contribution in [2.75, 3.05) is 0 Å². The van der Waals surface area contributed by atoms with E-state index in [1.807, 2.05) is 37.3 Å². The molecule has 0 aliphatic carbocycles. The molecule has 7 nitrogen and oxygen atoms in total. The molecule has 0 radical (unpaired) electrons. The third-order valence-corrected chi connectivity index (χ3v) is 5.56. The first-order valence-electron chi connectivity index (χ1n) is 9.53. The van der Waals surface area contributed by atoms with Crippen LogP contribution in [0.5, 0.6) is 0 Å². The van der Waals surface area contributed by atoms with E-state index in [2.05, 4.69) is 22.0 Å². The summed E-state index contributed by atoms with van der Waals surface area (Å²) in [5.41, 5.74) is 1.53. The number of nitrogens with zero attached hydrogens (tertiary/aromatic N) is 5. The third kappa shape index (κ3) is 4.22. The molecule has 8 heteroatoms. The molecular formula is C21H21N5O2S. The lowest BCUT2D eigenvalue weighted by atomic mass is 10.2. The molecule has 0 saturated carbocycles. The molecule has 0 N–H and O–H groups in total. The number of aromatic nitrogens is 5. The van der Waals surface area contributed by atoms with E-state index in [0.717, 1.165) is 18.4 Å². The number of hydrogen-bond donors (Lipinski definition) is 0. The number of pyridine rings is 1. The van der Waals surface area contributed by atoms with E-state index in [1.165, 1.54) is 11.8 Å². The quantitative estimate of drug-likeness (QED) is 0.338. The predicted molar refractivity (Wildman–Crippen MR) is 112 cm³/mol. The second-order valence-electron chi connectivity index (χ2n) is 6.72. The van der Waals surface area contributed by atoms with Gasteiger partial charge in [0.05, 0.1) is 22.7 Å². The van der Waals surface area contributed by atoms with Crippen molar-refractivity contribution in [1.82, 2.24) is 24.7 Å². The zero-order valence-electron chi connectivity index (χ0n) is 16.3. The molecule has 1 unspecified atom stereocenters. The van der Waals surface area contributed by atoms with Crippen LogP contribution in [0.3, 0.4) is 0 Å². The van der Waals surface area contributed by atoms with Crippen LogP contribution in [0, 0.1) is 0 Å². The first-order chi connectivity index (χ1) is 14.2. The van der Waals surface area contributed by atoms with Crippen LogP contribution in [-0.2, 0) is 13.0 Å². The Bertz CT molecular complexity index is 1170. The van der Waals surface area contributed by atoms with Crippen molar-refractivity contribution in [2.45, 2.75) is 43.6 Å². The van der Waals surface area contributed by atoms with Gasteiger partial charge in [0.2, 0.25) is 5.89 Å². The van der Waals surface area contributed by atoms with Gasteiger partial charge in [-0.1, -0.05) is 42.0 Å². The zero-order chi connectivity index (χ0) is 20.2. The Morgan fingerprint density at radius 2 is 2.03 bits per heavy atom. The molecule has 0 spiro atoms. The number of aryl methyl sites for hydroxylation is 1. The maximum absolute atomic E-state index is 13.2. The van der Waals surface area contributed by atoms with Crippen molar-refractivity contribution >= 4 is 22.7 Å². The van der Waals surface area contributed by atoms with Gasteiger partial charge in [0.1, 0.15) is 0 Å². The molecule has 0 bridgehead atoms. The number of hydrogen-bond acceptors (Lipinski definition) is 7. The summed E-state index contributed by atoms with van der Waals surface area (Å²) >= 11 is 1.44. The molecule has 148 valence electrons. The Balaban J connectivity index is 1.73. The van der Waals surface area contributed by atoms with Crippen LogP contribution in [0.1, 0.15) is 42.8 Å². The second-order valence-corrected chi connectivity index (χ2v) is 8.03. The van der Waals surface area contributed by atoms with E-state index in [9.17, 15) is 4.79 Å². The molecule has 4 aromatic rings. The van der Waals surface area contributed by atoms with Crippen molar-refractivity contribution in [2.24, 2.45) is 0 Å². The molecule has 4 rings (SSSR count). The zero-order valence-corrected chi connectivity index (χ0v) is 17.1. The molecule has 0 fully saturated rings. The lowest BCUT2D eigenvalue weighted by Crippen LogP contribution is -2.24. The van der Waals surface area contributed by atoms with E-state index < -0.39 is 0 Å². The SMILES string of the molecule is CCCc1noc(C(C)Sc2nc3ccccc3c(=O)n2Cc2cccnc2)n1. The largest absolute Gasteiger partial charge is 0.338 e. The van der Waals surface area contributed by atoms with Gasteiger partial charge in [-0.05, 0) is 37.1 Å². The fourth-order valence-corrected chi connectivity index (χ4v) is 3.96. The Labute approximate surface area is 172 Å². The maximum atomic E-state index is 13.2. The Morgan fingerprint density at radius 1 is 1.17 bits per heavy atom. The smallest absolute Gasteiger partial charge is 0.262 e. The van der Waals surface area contributed by atoms with E-state index in [-0.39, 0.29) is 10.8 Å². The average Bonchev–Trinajstić information content (AvgIpc) is 3.21. The fraction of sp³-hybridized carbons (Fsp3) is 0.286. The molecule has 3 aromatic heterocycles. The average molecular weight is 407 g/mol. The topological polar surface area (TPSA) is 86.7 Å². The summed E-state index contributed by atoms with van der Waals surface area (Å²) in [6, 6.07) is 11.2. The van der Waals surface area contributed by atoms with Gasteiger partial charge in [0.25, 0.3) is 5.56 Å². The summed E-state index contributed by atoms with van der Waals surface area (Å²) in [5.74, 6) is 1.24. The predicted octanol–water partition coefficient (Wildman–Crippen LogP) is 4.03. The van der Waals surface area contributed by atoms with Gasteiger partial charge in [-0.2, -0.15) is 4.98 Å². The number of thioether (sulfide) groups is 1. The molecule has 0 amide bonds. The minimum atomic E-state index is -0.138. The van der Waals surface area contributed by atoms with Crippen molar-refractivity contribution < 1.29 is 4.52 Å². The molecule has 29 heavy (non-hydrogen) atoms. The van der Waals surface area contributed by atoms with Gasteiger partial charge in [-0.15, -0.1) is 0 Å². The Morgan fingerprint density at radius 3 is 2.83 bits per heavy atom. The first-order valence-corrected chi connectivity index (χ1v) is 10.4. The highest BCUT2D eigenvalue weighted by molar-refractivity contribution is 7.99. The van der Waals surface area contributed by atoms with E-state index >= 15 is 0 Å². The summed E-state index contributed by atoms with van der Waals surface area (Å²) in [6.07, 6.45) is 5.21. The van der Waals surface area contributed by atoms with E-state index in [0.29, 0.717) is 34.3 Å². The highest BCUT2D eigenvalue weighted by atomic mass is 32.2. The van der Waals surface area contributed by atoms with Crippen LogP contribution >= 0.6 is 11.8 Å². The summed E-state index contributed by atoms with van der Waals surface area (Å²) in [5, 5.41) is 5.10. The number of fused-ring (bicyclic) bond motifs is 1. The van der Waals surface area contributed by atoms with Crippen LogP contribution in [0.25, 0.3) is 10.9 Å². The highest BCUT2D eigenvalue weighted by Gasteiger charge is 2.20. The fourth-order valence-electron chi connectivity index (χ4n) is 3.02. The lowest BCUT2D eigenvalue weighted by molar-refractivity contribution is 0.374. The summed E-state index contributed by atoms with van der Waals surface area (Å²) in [6.45, 7) is 4.44. The van der Waals surface area contributed by atoms with E-state index in [1.54, 1.807) is 23.0 Å². The van der Waals surface area contributed by atoms with Gasteiger partial charge in [0, 0.05) is 18.8 Å². The normalized spacial score (nSPS) is 12.3. The Kier molecular flexibility index (Phi) is 5.71. The Hall–Kier alpha value is -3.00. The van der Waals surface area contributed by atoms with Crippen LogP contribution in [-0.4, -0.2) is 24.7 Å². The molecule has 1 atom stereocenters. The number of benzene rings is 1. The standard InChI is InChI=1S/C21H21N5O2S/c1-3-7-18-24-19(28-25-18)14(2)29-21-23-17-10-5-4-9-16(17)20(27)26(21)13-15-8-6-11-22-12-15/h4-6,8-12,14H,3,7,13H2,1-2H3. The van der Waals surface area contributed by atoms with Crippen molar-refractivity contribution in [3.63, 3.8) is 0 Å². The molecule has 0 saturated heterocycles. The first kappa shape index (κ1) is 19.3. The molecule has 1 aromatic carbocycles. The van der Waals surface area contributed by atoms with E-state index in [4.69, 9.17) is 9.51 Å². The second kappa shape index (κ2) is 8.57. The summed E-state index contributed by atoms with van der Waals surface area (Å²) in [4.78, 5) is 26.6. The monoisotopic (exact) mass is 407 g/mol. The van der Waals surface area contributed by atoms with Gasteiger partial charge in [-0.3, -0.25) is 14.3 Å². The van der Waals surface area contributed by atoms with Crippen molar-refractivity contribution in [3.8, 4) is 0 Å². The van der Waals surface area contributed by atoms with Crippen LogP contribution < -0.4 is 5.56 Å². The number of para-hydroxylation sites is 1. The minimum absolute atomic E-state index is 0.0774. The lowest BCUT2D eigenvalue weighted by Gasteiger charge is -2.14.